The topological polar surface area (TPSA) is 130 Å². The van der Waals surface area contributed by atoms with Gasteiger partial charge in [0.25, 0.3) is 11.6 Å². The summed E-state index contributed by atoms with van der Waals surface area (Å²) < 4.78 is 4.80. The van der Waals surface area contributed by atoms with Crippen LogP contribution in [0.4, 0.5) is 5.69 Å². The summed E-state index contributed by atoms with van der Waals surface area (Å²) in [4.78, 5) is 25.7. The van der Waals surface area contributed by atoms with Crippen molar-refractivity contribution in [3.63, 3.8) is 0 Å². The molecule has 0 aliphatic heterocycles. The Labute approximate surface area is 130 Å². The number of nitrogens with one attached hydrogen (secondary N) is 1. The molecule has 0 fully saturated rings. The number of nitro benzene ring substituents is 1. The summed E-state index contributed by atoms with van der Waals surface area (Å²) in [5.41, 5.74) is 2.08. The van der Waals surface area contributed by atoms with Crippen LogP contribution in [0.25, 0.3) is 0 Å². The van der Waals surface area contributed by atoms with E-state index in [-0.39, 0.29) is 22.6 Å². The third kappa shape index (κ3) is 3.79. The third-order valence-corrected chi connectivity index (χ3v) is 2.79. The first-order chi connectivity index (χ1) is 11.0. The van der Waals surface area contributed by atoms with Crippen molar-refractivity contribution >= 4 is 17.8 Å². The van der Waals surface area contributed by atoms with Crippen molar-refractivity contribution in [1.82, 2.24) is 10.4 Å². The average Bonchev–Trinajstić information content (AvgIpc) is 2.56. The first-order valence-corrected chi connectivity index (χ1v) is 6.29. The lowest BCUT2D eigenvalue weighted by atomic mass is 10.2. The van der Waals surface area contributed by atoms with Crippen LogP contribution in [0.2, 0.25) is 0 Å². The molecule has 23 heavy (non-hydrogen) atoms. The van der Waals surface area contributed by atoms with Gasteiger partial charge in [-0.25, -0.2) is 5.43 Å². The largest absolute Gasteiger partial charge is 0.870 e. The van der Waals surface area contributed by atoms with E-state index in [1.165, 1.54) is 25.6 Å². The van der Waals surface area contributed by atoms with Gasteiger partial charge >= 0.3 is 0 Å². The standard InChI is InChI=1S/C14H12N4O5/c1-23-12-6-11(18(21)22)5-10(13(12)19)8-16-17-14(20)9-3-2-4-15-7-9/h2-8,19H,1H3,(H,17,20)/p-1/b16-8-. The Morgan fingerprint density at radius 3 is 2.87 bits per heavy atom. The molecule has 0 aliphatic carbocycles. The van der Waals surface area contributed by atoms with E-state index in [1.807, 2.05) is 0 Å². The van der Waals surface area contributed by atoms with Crippen LogP contribution < -0.4 is 15.3 Å². The van der Waals surface area contributed by atoms with E-state index >= 15 is 0 Å². The maximum absolute atomic E-state index is 12.0. The lowest BCUT2D eigenvalue weighted by Gasteiger charge is -2.14. The van der Waals surface area contributed by atoms with Gasteiger partial charge in [-0.05, 0) is 17.7 Å². The smallest absolute Gasteiger partial charge is 0.273 e. The van der Waals surface area contributed by atoms with E-state index in [0.29, 0.717) is 0 Å². The molecule has 0 unspecified atom stereocenters. The zero-order valence-corrected chi connectivity index (χ0v) is 11.9. The van der Waals surface area contributed by atoms with Crippen LogP contribution in [0.5, 0.6) is 11.5 Å². The molecule has 0 saturated carbocycles. The molecule has 0 aliphatic rings. The van der Waals surface area contributed by atoms with Crippen molar-refractivity contribution in [2.24, 2.45) is 5.10 Å². The molecule has 1 N–H and O–H groups in total. The Balaban J connectivity index is 2.20. The van der Waals surface area contributed by atoms with Gasteiger partial charge in [-0.3, -0.25) is 19.9 Å². The molecule has 0 atom stereocenters. The molecular weight excluding hydrogens is 304 g/mol. The van der Waals surface area contributed by atoms with E-state index in [1.54, 1.807) is 6.07 Å². The zero-order chi connectivity index (χ0) is 16.8. The van der Waals surface area contributed by atoms with Crippen LogP contribution in [-0.2, 0) is 0 Å². The molecule has 9 nitrogen and oxygen atoms in total. The van der Waals surface area contributed by atoms with Gasteiger partial charge in [-0.15, -0.1) is 0 Å². The molecule has 2 aromatic rings. The van der Waals surface area contributed by atoms with Crippen molar-refractivity contribution in [2.45, 2.75) is 0 Å². The number of amides is 1. The van der Waals surface area contributed by atoms with Gasteiger partial charge in [0, 0.05) is 18.5 Å². The Bertz CT molecular complexity index is 761. The molecule has 1 heterocycles. The number of pyridine rings is 1. The van der Waals surface area contributed by atoms with Gasteiger partial charge in [0.05, 0.1) is 29.9 Å². The number of hydrazone groups is 1. The second-order valence-electron chi connectivity index (χ2n) is 4.26. The molecule has 0 saturated heterocycles. The lowest BCUT2D eigenvalue weighted by molar-refractivity contribution is -0.385. The number of hydrogen-bond donors (Lipinski definition) is 1. The second kappa shape index (κ2) is 6.98. The highest BCUT2D eigenvalue weighted by atomic mass is 16.6. The monoisotopic (exact) mass is 315 g/mol. The fraction of sp³-hybridized carbons (Fsp3) is 0.0714. The Hall–Kier alpha value is -3.49. The van der Waals surface area contributed by atoms with Gasteiger partial charge in [0.2, 0.25) is 0 Å². The van der Waals surface area contributed by atoms with E-state index in [2.05, 4.69) is 15.5 Å². The molecule has 0 radical (unpaired) electrons. The summed E-state index contributed by atoms with van der Waals surface area (Å²) in [6.45, 7) is 0. The average molecular weight is 315 g/mol. The Morgan fingerprint density at radius 2 is 2.26 bits per heavy atom. The quantitative estimate of drug-likeness (QED) is 0.494. The van der Waals surface area contributed by atoms with Gasteiger partial charge in [0.15, 0.2) is 0 Å². The summed E-state index contributed by atoms with van der Waals surface area (Å²) in [5, 5.41) is 26.4. The summed E-state index contributed by atoms with van der Waals surface area (Å²) in [6, 6.07) is 5.19. The van der Waals surface area contributed by atoms with Crippen LogP contribution in [0.1, 0.15) is 15.9 Å². The maximum Gasteiger partial charge on any atom is 0.273 e. The molecule has 118 valence electrons. The zero-order valence-electron chi connectivity index (χ0n) is 11.9. The minimum Gasteiger partial charge on any atom is -0.870 e. The first kappa shape index (κ1) is 15.9. The van der Waals surface area contributed by atoms with Gasteiger partial charge in [0.1, 0.15) is 5.75 Å². The predicted octanol–water partition coefficient (Wildman–Crippen LogP) is 0.836. The SMILES string of the molecule is COc1cc([N+](=O)[O-])cc(/C=N\NC(=O)c2cccnc2)c1[O-]. The van der Waals surface area contributed by atoms with Crippen molar-refractivity contribution in [3.05, 3.63) is 57.9 Å². The van der Waals surface area contributed by atoms with Crippen molar-refractivity contribution in [1.29, 1.82) is 0 Å². The van der Waals surface area contributed by atoms with Crippen LogP contribution >= 0.6 is 0 Å². The van der Waals surface area contributed by atoms with Gasteiger partial charge in [-0.1, -0.05) is 5.75 Å². The number of rotatable bonds is 5. The summed E-state index contributed by atoms with van der Waals surface area (Å²) >= 11 is 0. The van der Waals surface area contributed by atoms with Crippen LogP contribution in [-0.4, -0.2) is 29.1 Å². The number of ether oxygens (including phenoxy) is 1. The Morgan fingerprint density at radius 1 is 1.48 bits per heavy atom. The Kier molecular flexibility index (Phi) is 4.82. The van der Waals surface area contributed by atoms with Crippen molar-refractivity contribution in [2.75, 3.05) is 7.11 Å². The molecule has 1 aromatic heterocycles. The van der Waals surface area contributed by atoms with Crippen LogP contribution in [0.3, 0.4) is 0 Å². The van der Waals surface area contributed by atoms with E-state index in [4.69, 9.17) is 4.74 Å². The van der Waals surface area contributed by atoms with Gasteiger partial charge < -0.3 is 9.84 Å². The molecule has 9 heteroatoms. The minimum absolute atomic E-state index is 0.0810. The number of nitrogens with zero attached hydrogens (tertiary/aromatic N) is 3. The number of aromatic nitrogens is 1. The first-order valence-electron chi connectivity index (χ1n) is 6.29. The number of hydrogen-bond acceptors (Lipinski definition) is 7. The fourth-order valence-corrected chi connectivity index (χ4v) is 1.68. The number of nitro groups is 1. The molecule has 1 amide bonds. The summed E-state index contributed by atoms with van der Waals surface area (Å²) in [5.74, 6) is -1.28. The summed E-state index contributed by atoms with van der Waals surface area (Å²) in [6.07, 6.45) is 3.88. The van der Waals surface area contributed by atoms with Gasteiger partial charge in [-0.2, -0.15) is 5.10 Å². The van der Waals surface area contributed by atoms with E-state index < -0.39 is 16.6 Å². The second-order valence-corrected chi connectivity index (χ2v) is 4.26. The molecule has 1 aromatic carbocycles. The number of benzene rings is 1. The highest BCUT2D eigenvalue weighted by Gasteiger charge is 2.11. The number of carbonyl (C=O) groups excluding carboxylic acids is 1. The highest BCUT2D eigenvalue weighted by molar-refractivity contribution is 5.95. The van der Waals surface area contributed by atoms with E-state index in [9.17, 15) is 20.0 Å². The predicted molar refractivity (Wildman–Crippen MR) is 78.4 cm³/mol. The van der Waals surface area contributed by atoms with Crippen molar-refractivity contribution < 1.29 is 19.6 Å². The number of non-ortho nitro benzene ring substituents is 1. The number of carbonyl (C=O) groups is 1. The molecule has 0 spiro atoms. The normalized spacial score (nSPS) is 10.5. The van der Waals surface area contributed by atoms with Crippen molar-refractivity contribution in [3.8, 4) is 11.5 Å². The highest BCUT2D eigenvalue weighted by Crippen LogP contribution is 2.31. The molecule has 0 bridgehead atoms. The third-order valence-electron chi connectivity index (χ3n) is 2.79. The van der Waals surface area contributed by atoms with E-state index in [0.717, 1.165) is 18.3 Å². The van der Waals surface area contributed by atoms with Crippen LogP contribution in [0, 0.1) is 10.1 Å². The van der Waals surface area contributed by atoms with Crippen LogP contribution in [0.15, 0.2) is 41.8 Å². The fourth-order valence-electron chi connectivity index (χ4n) is 1.68. The summed E-state index contributed by atoms with van der Waals surface area (Å²) in [7, 11) is 1.23. The molecule has 2 rings (SSSR count). The molecular formula is C14H11N4O5-. The number of methoxy groups -OCH3 is 1. The minimum atomic E-state index is -0.659. The lowest BCUT2D eigenvalue weighted by Crippen LogP contribution is -2.17. The maximum atomic E-state index is 12.0.